The maximum atomic E-state index is 13.2. The van der Waals surface area contributed by atoms with Crippen LogP contribution in [-0.4, -0.2) is 28.4 Å². The summed E-state index contributed by atoms with van der Waals surface area (Å²) in [6.07, 6.45) is 0. The highest BCUT2D eigenvalue weighted by Crippen LogP contribution is 2.40. The fourth-order valence-corrected chi connectivity index (χ4v) is 2.30. The number of benzene rings is 2. The van der Waals surface area contributed by atoms with E-state index in [9.17, 15) is 4.39 Å². The Kier molecular flexibility index (Phi) is 5.51. The first kappa shape index (κ1) is 16.7. The molecule has 0 bridgehead atoms. The van der Waals surface area contributed by atoms with Crippen molar-refractivity contribution in [3.63, 3.8) is 0 Å². The van der Waals surface area contributed by atoms with Gasteiger partial charge in [0.25, 0.3) is 0 Å². The molecule has 23 heavy (non-hydrogen) atoms. The van der Waals surface area contributed by atoms with E-state index in [2.05, 4.69) is 5.32 Å². The van der Waals surface area contributed by atoms with Crippen LogP contribution in [-0.2, 0) is 6.54 Å². The Bertz CT molecular complexity index is 676. The Hall–Kier alpha value is -2.63. The maximum absolute atomic E-state index is 13.2. The first-order valence-electron chi connectivity index (χ1n) is 6.99. The lowest BCUT2D eigenvalue weighted by Crippen LogP contribution is -2.05. The number of halogens is 1. The summed E-state index contributed by atoms with van der Waals surface area (Å²) in [5, 5.41) is 3.20. The number of rotatable bonds is 7. The van der Waals surface area contributed by atoms with Gasteiger partial charge in [-0.2, -0.15) is 0 Å². The molecule has 0 spiro atoms. The fraction of sp³-hybridized carbons (Fsp3) is 0.294. The molecule has 0 radical (unpaired) electrons. The highest BCUT2D eigenvalue weighted by molar-refractivity contribution is 5.59. The Morgan fingerprint density at radius 1 is 0.826 bits per heavy atom. The zero-order valence-electron chi connectivity index (χ0n) is 13.6. The minimum atomic E-state index is -0.351. The van der Waals surface area contributed by atoms with Crippen molar-refractivity contribution >= 4 is 5.69 Å². The van der Waals surface area contributed by atoms with Crippen LogP contribution in [0.1, 0.15) is 5.56 Å². The van der Waals surface area contributed by atoms with Crippen molar-refractivity contribution in [2.45, 2.75) is 6.54 Å². The third-order valence-electron chi connectivity index (χ3n) is 3.42. The highest BCUT2D eigenvalue weighted by Gasteiger charge is 2.16. The summed E-state index contributed by atoms with van der Waals surface area (Å²) in [7, 11) is 6.19. The van der Waals surface area contributed by atoms with E-state index < -0.39 is 0 Å². The molecule has 0 saturated heterocycles. The van der Waals surface area contributed by atoms with E-state index in [1.807, 2.05) is 6.07 Å². The molecule has 0 saturated carbocycles. The second-order valence-electron chi connectivity index (χ2n) is 4.69. The molecular weight excluding hydrogens is 301 g/mol. The average molecular weight is 321 g/mol. The van der Waals surface area contributed by atoms with Gasteiger partial charge in [0.15, 0.2) is 11.5 Å². The Labute approximate surface area is 134 Å². The predicted octanol–water partition coefficient (Wildman–Crippen LogP) is 3.47. The quantitative estimate of drug-likeness (QED) is 0.846. The van der Waals surface area contributed by atoms with Crippen molar-refractivity contribution in [1.29, 1.82) is 0 Å². The van der Waals surface area contributed by atoms with Crippen molar-refractivity contribution in [3.8, 4) is 23.0 Å². The van der Waals surface area contributed by atoms with Crippen LogP contribution < -0.4 is 24.3 Å². The van der Waals surface area contributed by atoms with Gasteiger partial charge in [-0.1, -0.05) is 0 Å². The number of hydrogen-bond donors (Lipinski definition) is 1. The zero-order valence-corrected chi connectivity index (χ0v) is 13.6. The third kappa shape index (κ3) is 3.59. The van der Waals surface area contributed by atoms with Crippen LogP contribution in [0.4, 0.5) is 10.1 Å². The molecule has 2 aromatic rings. The normalized spacial score (nSPS) is 10.1. The van der Waals surface area contributed by atoms with Gasteiger partial charge in [-0.3, -0.25) is 0 Å². The predicted molar refractivity (Wildman–Crippen MR) is 86.4 cm³/mol. The molecule has 0 aromatic heterocycles. The zero-order chi connectivity index (χ0) is 16.8. The summed E-state index contributed by atoms with van der Waals surface area (Å²) >= 11 is 0. The number of ether oxygens (including phenoxy) is 4. The molecule has 0 aliphatic heterocycles. The van der Waals surface area contributed by atoms with Gasteiger partial charge in [0.2, 0.25) is 5.75 Å². The molecule has 0 aliphatic rings. The van der Waals surface area contributed by atoms with Crippen LogP contribution >= 0.6 is 0 Å². The summed E-state index contributed by atoms with van der Waals surface area (Å²) in [6.45, 7) is 0.450. The number of methoxy groups -OCH3 is 4. The molecule has 2 rings (SSSR count). The SMILES string of the molecule is COc1cc(F)ccc1NCc1ccc(OC)c(OC)c1OC. The molecule has 0 aliphatic carbocycles. The minimum absolute atomic E-state index is 0.351. The summed E-state index contributed by atoms with van der Waals surface area (Å²) < 4.78 is 34.5. The molecule has 1 N–H and O–H groups in total. The van der Waals surface area contributed by atoms with Crippen LogP contribution in [0.15, 0.2) is 30.3 Å². The van der Waals surface area contributed by atoms with Crippen LogP contribution in [0.2, 0.25) is 0 Å². The smallest absolute Gasteiger partial charge is 0.203 e. The summed E-state index contributed by atoms with van der Waals surface area (Å²) in [4.78, 5) is 0. The van der Waals surface area contributed by atoms with Crippen molar-refractivity contribution in [1.82, 2.24) is 0 Å². The van der Waals surface area contributed by atoms with Gasteiger partial charge in [-0.05, 0) is 24.3 Å². The minimum Gasteiger partial charge on any atom is -0.494 e. The lowest BCUT2D eigenvalue weighted by molar-refractivity contribution is 0.322. The van der Waals surface area contributed by atoms with Gasteiger partial charge >= 0.3 is 0 Å². The van der Waals surface area contributed by atoms with Crippen LogP contribution in [0.25, 0.3) is 0 Å². The van der Waals surface area contributed by atoms with E-state index >= 15 is 0 Å². The molecule has 2 aromatic carbocycles. The molecule has 0 fully saturated rings. The van der Waals surface area contributed by atoms with Crippen molar-refractivity contribution < 1.29 is 23.3 Å². The van der Waals surface area contributed by atoms with Gasteiger partial charge in [0, 0.05) is 18.2 Å². The fourth-order valence-electron chi connectivity index (χ4n) is 2.30. The monoisotopic (exact) mass is 321 g/mol. The van der Waals surface area contributed by atoms with E-state index in [4.69, 9.17) is 18.9 Å². The second kappa shape index (κ2) is 7.58. The summed E-state index contributed by atoms with van der Waals surface area (Å²) in [5.41, 5.74) is 1.56. The van der Waals surface area contributed by atoms with Gasteiger partial charge in [-0.25, -0.2) is 4.39 Å². The van der Waals surface area contributed by atoms with E-state index in [0.717, 1.165) is 5.56 Å². The standard InChI is InChI=1S/C17H20FNO4/c1-20-14-8-5-11(16(22-3)17(14)23-4)10-19-13-7-6-12(18)9-15(13)21-2/h5-9,19H,10H2,1-4H3. The van der Waals surface area contributed by atoms with Crippen molar-refractivity contribution in [2.75, 3.05) is 33.8 Å². The Morgan fingerprint density at radius 3 is 2.13 bits per heavy atom. The van der Waals surface area contributed by atoms with E-state index in [-0.39, 0.29) is 5.82 Å². The topological polar surface area (TPSA) is 49.0 Å². The van der Waals surface area contributed by atoms with E-state index in [0.29, 0.717) is 35.2 Å². The maximum Gasteiger partial charge on any atom is 0.203 e. The van der Waals surface area contributed by atoms with Crippen molar-refractivity contribution in [2.24, 2.45) is 0 Å². The van der Waals surface area contributed by atoms with Crippen LogP contribution in [0, 0.1) is 5.82 Å². The van der Waals surface area contributed by atoms with Gasteiger partial charge in [-0.15, -0.1) is 0 Å². The molecule has 124 valence electrons. The molecule has 5 nitrogen and oxygen atoms in total. The lowest BCUT2D eigenvalue weighted by atomic mass is 10.1. The van der Waals surface area contributed by atoms with Crippen LogP contribution in [0.3, 0.4) is 0 Å². The molecule has 0 unspecified atom stereocenters. The molecule has 6 heteroatoms. The molecule has 0 atom stereocenters. The van der Waals surface area contributed by atoms with Crippen LogP contribution in [0.5, 0.6) is 23.0 Å². The molecule has 0 heterocycles. The number of hydrogen-bond acceptors (Lipinski definition) is 5. The highest BCUT2D eigenvalue weighted by atomic mass is 19.1. The number of nitrogens with one attached hydrogen (secondary N) is 1. The van der Waals surface area contributed by atoms with Crippen molar-refractivity contribution in [3.05, 3.63) is 41.7 Å². The first-order chi connectivity index (χ1) is 11.1. The Morgan fingerprint density at radius 2 is 1.52 bits per heavy atom. The van der Waals surface area contributed by atoms with E-state index in [1.165, 1.54) is 19.2 Å². The van der Waals surface area contributed by atoms with Gasteiger partial charge < -0.3 is 24.3 Å². The lowest BCUT2D eigenvalue weighted by Gasteiger charge is -2.17. The average Bonchev–Trinajstić information content (AvgIpc) is 2.59. The van der Waals surface area contributed by atoms with Gasteiger partial charge in [0.05, 0.1) is 34.1 Å². The molecule has 0 amide bonds. The summed E-state index contributed by atoms with van der Waals surface area (Å²) in [5.74, 6) is 1.79. The van der Waals surface area contributed by atoms with Gasteiger partial charge in [0.1, 0.15) is 11.6 Å². The van der Waals surface area contributed by atoms with E-state index in [1.54, 1.807) is 33.5 Å². The largest absolute Gasteiger partial charge is 0.494 e. The first-order valence-corrected chi connectivity index (χ1v) is 6.99. The number of anilines is 1. The summed E-state index contributed by atoms with van der Waals surface area (Å²) in [6, 6.07) is 8.01. The third-order valence-corrected chi connectivity index (χ3v) is 3.42. The Balaban J connectivity index is 2.27. The second-order valence-corrected chi connectivity index (χ2v) is 4.69. The molecular formula is C17H20FNO4.